The van der Waals surface area contributed by atoms with E-state index in [1.807, 2.05) is 25.2 Å². The van der Waals surface area contributed by atoms with Crippen molar-refractivity contribution < 1.29 is 9.59 Å². The Hall–Kier alpha value is -1.84. The summed E-state index contributed by atoms with van der Waals surface area (Å²) in [4.78, 5) is 23.9. The normalized spacial score (nSPS) is 21.4. The van der Waals surface area contributed by atoms with Gasteiger partial charge in [-0.1, -0.05) is 24.8 Å². The lowest BCUT2D eigenvalue weighted by molar-refractivity contribution is -0.137. The molecule has 1 unspecified atom stereocenters. The predicted octanol–water partition coefficient (Wildman–Crippen LogP) is 0.979. The van der Waals surface area contributed by atoms with E-state index in [0.717, 1.165) is 4.90 Å². The maximum absolute atomic E-state index is 11.5. The van der Waals surface area contributed by atoms with Crippen molar-refractivity contribution >= 4 is 11.8 Å². The molecule has 1 heterocycles. The number of amides is 2. The number of carbonyl (C=O) groups excluding carboxylic acids is 2. The van der Waals surface area contributed by atoms with Gasteiger partial charge in [-0.05, 0) is 13.0 Å². The Morgan fingerprint density at radius 2 is 2.19 bits per heavy atom. The van der Waals surface area contributed by atoms with E-state index in [4.69, 9.17) is 0 Å². The van der Waals surface area contributed by atoms with E-state index in [1.165, 1.54) is 7.05 Å². The second-order valence-corrected chi connectivity index (χ2v) is 3.60. The third-order valence-corrected chi connectivity index (χ3v) is 2.34. The number of carbonyl (C=O) groups is 2. The summed E-state index contributed by atoms with van der Waals surface area (Å²) in [5.41, 5.74) is 0.625. The van der Waals surface area contributed by atoms with E-state index in [2.05, 4.69) is 11.9 Å². The molecule has 1 aliphatic heterocycles. The Morgan fingerprint density at radius 3 is 2.69 bits per heavy atom. The highest BCUT2D eigenvalue weighted by Crippen LogP contribution is 2.11. The van der Waals surface area contributed by atoms with Gasteiger partial charge >= 0.3 is 0 Å². The average molecular weight is 220 g/mol. The molecule has 1 aliphatic rings. The maximum atomic E-state index is 11.5. The fraction of sp³-hybridized carbons (Fsp3) is 0.333. The molecule has 16 heavy (non-hydrogen) atoms. The molecule has 4 nitrogen and oxygen atoms in total. The van der Waals surface area contributed by atoms with Crippen molar-refractivity contribution in [3.8, 4) is 0 Å². The van der Waals surface area contributed by atoms with Gasteiger partial charge < -0.3 is 5.32 Å². The maximum Gasteiger partial charge on any atom is 0.251 e. The topological polar surface area (TPSA) is 49.4 Å². The second kappa shape index (κ2) is 5.30. The molecule has 0 aliphatic carbocycles. The molecule has 1 saturated heterocycles. The van der Waals surface area contributed by atoms with Crippen LogP contribution < -0.4 is 5.32 Å². The summed E-state index contributed by atoms with van der Waals surface area (Å²) in [6.07, 6.45) is 7.53. The summed E-state index contributed by atoms with van der Waals surface area (Å²) in [5.74, 6) is -0.363. The molecule has 0 bridgehead atoms. The van der Waals surface area contributed by atoms with Gasteiger partial charge in [-0.25, -0.2) is 0 Å². The van der Waals surface area contributed by atoms with Crippen LogP contribution in [0.5, 0.6) is 0 Å². The van der Waals surface area contributed by atoms with Crippen molar-refractivity contribution in [2.24, 2.45) is 0 Å². The van der Waals surface area contributed by atoms with E-state index < -0.39 is 6.04 Å². The SMILES string of the molecule is C=C(/C=C\C=C/C)NC1CC(=O)N(C)C1=O. The molecule has 0 saturated carbocycles. The Kier molecular flexibility index (Phi) is 4.05. The van der Waals surface area contributed by atoms with Crippen LogP contribution >= 0.6 is 0 Å². The predicted molar refractivity (Wildman–Crippen MR) is 62.4 cm³/mol. The van der Waals surface area contributed by atoms with Crippen LogP contribution in [0.25, 0.3) is 0 Å². The minimum Gasteiger partial charge on any atom is -0.374 e. The first-order valence-electron chi connectivity index (χ1n) is 5.11. The molecular weight excluding hydrogens is 204 g/mol. The summed E-state index contributed by atoms with van der Waals surface area (Å²) in [7, 11) is 1.49. The summed E-state index contributed by atoms with van der Waals surface area (Å²) in [6, 6.07) is -0.472. The number of hydrogen-bond acceptors (Lipinski definition) is 3. The van der Waals surface area contributed by atoms with Crippen LogP contribution in [-0.4, -0.2) is 29.8 Å². The highest BCUT2D eigenvalue weighted by Gasteiger charge is 2.35. The number of imide groups is 1. The van der Waals surface area contributed by atoms with Crippen molar-refractivity contribution in [2.45, 2.75) is 19.4 Å². The van der Waals surface area contributed by atoms with Gasteiger partial charge in [0.15, 0.2) is 0 Å². The second-order valence-electron chi connectivity index (χ2n) is 3.60. The van der Waals surface area contributed by atoms with Gasteiger partial charge in [-0.2, -0.15) is 0 Å². The number of hydrogen-bond donors (Lipinski definition) is 1. The molecule has 0 aromatic heterocycles. The Labute approximate surface area is 95.3 Å². The highest BCUT2D eigenvalue weighted by molar-refractivity contribution is 6.05. The van der Waals surface area contributed by atoms with Crippen LogP contribution in [0.15, 0.2) is 36.6 Å². The molecule has 0 aromatic rings. The van der Waals surface area contributed by atoms with Gasteiger partial charge in [0.25, 0.3) is 5.91 Å². The molecule has 0 spiro atoms. The zero-order chi connectivity index (χ0) is 12.1. The fourth-order valence-corrected chi connectivity index (χ4v) is 1.42. The highest BCUT2D eigenvalue weighted by atomic mass is 16.2. The largest absolute Gasteiger partial charge is 0.374 e. The first-order chi connectivity index (χ1) is 7.56. The third kappa shape index (κ3) is 2.82. The zero-order valence-corrected chi connectivity index (χ0v) is 9.56. The standard InChI is InChI=1S/C12H16N2O2/c1-4-5-6-7-9(2)13-10-8-11(15)14(3)12(10)16/h4-7,10,13H,2,8H2,1,3H3/b5-4-,7-6-. The van der Waals surface area contributed by atoms with Gasteiger partial charge in [-0.15, -0.1) is 0 Å². The van der Waals surface area contributed by atoms with Gasteiger partial charge in [0.1, 0.15) is 6.04 Å². The Bertz CT molecular complexity index is 369. The summed E-state index contributed by atoms with van der Waals surface area (Å²) in [6.45, 7) is 5.67. The molecule has 1 rings (SSSR count). The van der Waals surface area contributed by atoms with E-state index in [0.29, 0.717) is 5.70 Å². The van der Waals surface area contributed by atoms with Crippen molar-refractivity contribution in [1.82, 2.24) is 10.2 Å². The molecule has 1 N–H and O–H groups in total. The lowest BCUT2D eigenvalue weighted by atomic mass is 10.2. The van der Waals surface area contributed by atoms with Crippen LogP contribution in [0.1, 0.15) is 13.3 Å². The van der Waals surface area contributed by atoms with Gasteiger partial charge in [0, 0.05) is 12.7 Å². The minimum atomic E-state index is -0.472. The third-order valence-electron chi connectivity index (χ3n) is 2.34. The molecular formula is C12H16N2O2. The average Bonchev–Trinajstić information content (AvgIpc) is 2.47. The molecule has 0 radical (unpaired) electrons. The van der Waals surface area contributed by atoms with Crippen molar-refractivity contribution in [3.05, 3.63) is 36.6 Å². The van der Waals surface area contributed by atoms with Gasteiger partial charge in [-0.3, -0.25) is 14.5 Å². The Morgan fingerprint density at radius 1 is 1.50 bits per heavy atom. The van der Waals surface area contributed by atoms with E-state index in [9.17, 15) is 9.59 Å². The first-order valence-corrected chi connectivity index (χ1v) is 5.11. The van der Waals surface area contributed by atoms with Crippen LogP contribution in [0, 0.1) is 0 Å². The zero-order valence-electron chi connectivity index (χ0n) is 9.56. The van der Waals surface area contributed by atoms with Crippen LogP contribution in [0.4, 0.5) is 0 Å². The fourth-order valence-electron chi connectivity index (χ4n) is 1.42. The van der Waals surface area contributed by atoms with E-state index in [-0.39, 0.29) is 18.2 Å². The molecule has 1 atom stereocenters. The molecule has 2 amide bonds. The number of nitrogens with zero attached hydrogens (tertiary/aromatic N) is 1. The number of likely N-dealkylation sites (tertiary alicyclic amines) is 1. The quantitative estimate of drug-likeness (QED) is 0.567. The monoisotopic (exact) mass is 220 g/mol. The molecule has 0 aromatic carbocycles. The van der Waals surface area contributed by atoms with Crippen LogP contribution in [0.3, 0.4) is 0 Å². The molecule has 4 heteroatoms. The van der Waals surface area contributed by atoms with E-state index >= 15 is 0 Å². The van der Waals surface area contributed by atoms with E-state index in [1.54, 1.807) is 6.08 Å². The van der Waals surface area contributed by atoms with Crippen molar-refractivity contribution in [1.29, 1.82) is 0 Å². The molecule has 86 valence electrons. The number of allylic oxidation sites excluding steroid dienone is 4. The Balaban J connectivity index is 2.53. The summed E-state index contributed by atoms with van der Waals surface area (Å²) < 4.78 is 0. The van der Waals surface area contributed by atoms with Crippen LogP contribution in [-0.2, 0) is 9.59 Å². The first kappa shape index (κ1) is 12.2. The minimum absolute atomic E-state index is 0.160. The number of nitrogens with one attached hydrogen (secondary N) is 1. The summed E-state index contributed by atoms with van der Waals surface area (Å²) in [5, 5.41) is 2.92. The van der Waals surface area contributed by atoms with Crippen molar-refractivity contribution in [3.63, 3.8) is 0 Å². The lowest BCUT2D eigenvalue weighted by Crippen LogP contribution is -2.36. The lowest BCUT2D eigenvalue weighted by Gasteiger charge is -2.11. The summed E-state index contributed by atoms with van der Waals surface area (Å²) >= 11 is 0. The van der Waals surface area contributed by atoms with Crippen molar-refractivity contribution in [2.75, 3.05) is 7.05 Å². The van der Waals surface area contributed by atoms with Gasteiger partial charge in [0.05, 0.1) is 6.42 Å². The van der Waals surface area contributed by atoms with Crippen LogP contribution in [0.2, 0.25) is 0 Å². The number of likely N-dealkylation sites (N-methyl/N-ethyl adjacent to an activating group) is 1. The smallest absolute Gasteiger partial charge is 0.251 e. The number of rotatable bonds is 4. The molecule has 1 fully saturated rings. The van der Waals surface area contributed by atoms with Gasteiger partial charge in [0.2, 0.25) is 5.91 Å².